The molecule has 0 aromatic heterocycles. The van der Waals surface area contributed by atoms with Gasteiger partial charge in [-0.2, -0.15) is 0 Å². The van der Waals surface area contributed by atoms with Crippen LogP contribution in [0.3, 0.4) is 0 Å². The molecule has 3 rings (SSSR count). The molecule has 1 heterocycles. The molecule has 1 aromatic carbocycles. The Morgan fingerprint density at radius 3 is 2.72 bits per heavy atom. The van der Waals surface area contributed by atoms with Gasteiger partial charge in [-0.05, 0) is 49.3 Å². The monoisotopic (exact) mass is 241 g/mol. The van der Waals surface area contributed by atoms with Crippen molar-refractivity contribution in [3.05, 3.63) is 41.0 Å². The molecule has 1 amide bonds. The van der Waals surface area contributed by atoms with Gasteiger partial charge in [0.1, 0.15) is 0 Å². The van der Waals surface area contributed by atoms with E-state index in [2.05, 4.69) is 25.1 Å². The van der Waals surface area contributed by atoms with E-state index in [-0.39, 0.29) is 5.91 Å². The summed E-state index contributed by atoms with van der Waals surface area (Å²) in [6.45, 7) is 2.97. The highest BCUT2D eigenvalue weighted by Crippen LogP contribution is 2.35. The van der Waals surface area contributed by atoms with Crippen LogP contribution >= 0.6 is 0 Å². The summed E-state index contributed by atoms with van der Waals surface area (Å²) >= 11 is 0. The molecule has 0 N–H and O–H groups in total. The van der Waals surface area contributed by atoms with Crippen LogP contribution in [0.25, 0.3) is 0 Å². The largest absolute Gasteiger partial charge is 0.304 e. The van der Waals surface area contributed by atoms with Crippen LogP contribution in [-0.4, -0.2) is 12.5 Å². The molecule has 0 fully saturated rings. The number of aryl methyl sites for hydroxylation is 1. The fourth-order valence-electron chi connectivity index (χ4n) is 3.09. The van der Waals surface area contributed by atoms with Crippen molar-refractivity contribution in [1.82, 2.24) is 0 Å². The highest BCUT2D eigenvalue weighted by Gasteiger charge is 2.32. The van der Waals surface area contributed by atoms with E-state index in [1.165, 1.54) is 24.0 Å². The lowest BCUT2D eigenvalue weighted by Crippen LogP contribution is -2.27. The predicted molar refractivity (Wildman–Crippen MR) is 73.7 cm³/mol. The summed E-state index contributed by atoms with van der Waals surface area (Å²) in [4.78, 5) is 14.5. The number of carbonyl (C=O) groups is 1. The Labute approximate surface area is 108 Å². The molecule has 0 unspecified atom stereocenters. The van der Waals surface area contributed by atoms with Gasteiger partial charge in [-0.1, -0.05) is 25.1 Å². The van der Waals surface area contributed by atoms with Crippen molar-refractivity contribution in [2.24, 2.45) is 0 Å². The zero-order valence-corrected chi connectivity index (χ0v) is 10.9. The van der Waals surface area contributed by atoms with Crippen molar-refractivity contribution >= 4 is 11.6 Å². The summed E-state index contributed by atoms with van der Waals surface area (Å²) in [6, 6.07) is 8.28. The number of hydrogen-bond acceptors (Lipinski definition) is 1. The van der Waals surface area contributed by atoms with Gasteiger partial charge in [-0.15, -0.1) is 0 Å². The lowest BCUT2D eigenvalue weighted by atomic mass is 9.94. The van der Waals surface area contributed by atoms with E-state index >= 15 is 0 Å². The van der Waals surface area contributed by atoms with Crippen LogP contribution in [0.4, 0.5) is 5.69 Å². The Morgan fingerprint density at radius 2 is 1.94 bits per heavy atom. The molecule has 2 heteroatoms. The average Bonchev–Trinajstić information content (AvgIpc) is 2.76. The number of amides is 1. The normalized spacial score (nSPS) is 19.4. The van der Waals surface area contributed by atoms with Crippen LogP contribution < -0.4 is 4.90 Å². The lowest BCUT2D eigenvalue weighted by Gasteiger charge is -2.20. The summed E-state index contributed by atoms with van der Waals surface area (Å²) < 4.78 is 0. The smallest absolute Gasteiger partial charge is 0.254 e. The number of rotatable bonds is 2. The Hall–Kier alpha value is -1.57. The van der Waals surface area contributed by atoms with Gasteiger partial charge in [0.25, 0.3) is 5.91 Å². The lowest BCUT2D eigenvalue weighted by molar-refractivity contribution is -0.114. The van der Waals surface area contributed by atoms with Crippen molar-refractivity contribution in [1.29, 1.82) is 0 Å². The molecular weight excluding hydrogens is 222 g/mol. The molecule has 0 saturated heterocycles. The number of benzene rings is 1. The molecule has 1 aliphatic heterocycles. The SMILES string of the molecule is CCc1ccccc1N1CC2=C(CCCC2)C1=O. The van der Waals surface area contributed by atoms with Crippen LogP contribution in [-0.2, 0) is 11.2 Å². The van der Waals surface area contributed by atoms with Crippen LogP contribution in [0.5, 0.6) is 0 Å². The maximum Gasteiger partial charge on any atom is 0.254 e. The molecule has 0 radical (unpaired) electrons. The molecular formula is C16H19NO. The van der Waals surface area contributed by atoms with Gasteiger partial charge in [0.2, 0.25) is 0 Å². The number of hydrogen-bond donors (Lipinski definition) is 0. The van der Waals surface area contributed by atoms with Gasteiger partial charge >= 0.3 is 0 Å². The van der Waals surface area contributed by atoms with E-state index in [0.29, 0.717) is 0 Å². The molecule has 0 bridgehead atoms. The summed E-state index contributed by atoms with van der Waals surface area (Å²) in [5.74, 6) is 0.255. The second-order valence-electron chi connectivity index (χ2n) is 5.16. The fourth-order valence-corrected chi connectivity index (χ4v) is 3.09. The van der Waals surface area contributed by atoms with Crippen LogP contribution in [0, 0.1) is 0 Å². The molecule has 2 nitrogen and oxygen atoms in total. The first kappa shape index (κ1) is 11.5. The Kier molecular flexibility index (Phi) is 2.94. The number of nitrogens with zero attached hydrogens (tertiary/aromatic N) is 1. The van der Waals surface area contributed by atoms with E-state index in [9.17, 15) is 4.79 Å². The minimum Gasteiger partial charge on any atom is -0.304 e. The van der Waals surface area contributed by atoms with E-state index in [4.69, 9.17) is 0 Å². The maximum absolute atomic E-state index is 12.5. The Morgan fingerprint density at radius 1 is 1.17 bits per heavy atom. The first-order chi connectivity index (χ1) is 8.81. The highest BCUT2D eigenvalue weighted by atomic mass is 16.2. The molecule has 0 saturated carbocycles. The maximum atomic E-state index is 12.5. The van der Waals surface area contributed by atoms with Gasteiger partial charge in [0.05, 0.1) is 0 Å². The summed E-state index contributed by atoms with van der Waals surface area (Å²) in [6.07, 6.45) is 5.50. The number of para-hydroxylation sites is 1. The van der Waals surface area contributed by atoms with Gasteiger partial charge < -0.3 is 4.90 Å². The zero-order chi connectivity index (χ0) is 12.5. The molecule has 18 heavy (non-hydrogen) atoms. The molecule has 0 spiro atoms. The average molecular weight is 241 g/mol. The second-order valence-corrected chi connectivity index (χ2v) is 5.16. The predicted octanol–water partition coefficient (Wildman–Crippen LogP) is 3.47. The van der Waals surface area contributed by atoms with Crippen molar-refractivity contribution in [3.63, 3.8) is 0 Å². The third-order valence-corrected chi connectivity index (χ3v) is 4.10. The van der Waals surface area contributed by atoms with E-state index in [1.807, 2.05) is 11.0 Å². The van der Waals surface area contributed by atoms with E-state index in [1.54, 1.807) is 0 Å². The summed E-state index contributed by atoms with van der Waals surface area (Å²) in [5, 5.41) is 0. The number of anilines is 1. The molecule has 2 aliphatic rings. The molecule has 94 valence electrons. The second kappa shape index (κ2) is 4.60. The fraction of sp³-hybridized carbons (Fsp3) is 0.438. The van der Waals surface area contributed by atoms with Gasteiger partial charge in [0.15, 0.2) is 0 Å². The first-order valence-corrected chi connectivity index (χ1v) is 6.92. The summed E-state index contributed by atoms with van der Waals surface area (Å²) in [7, 11) is 0. The molecule has 0 atom stereocenters. The molecule has 1 aromatic rings. The quantitative estimate of drug-likeness (QED) is 0.776. The summed E-state index contributed by atoms with van der Waals surface area (Å²) in [5.41, 5.74) is 4.87. The minimum atomic E-state index is 0.255. The van der Waals surface area contributed by atoms with Gasteiger partial charge in [-0.3, -0.25) is 4.79 Å². The van der Waals surface area contributed by atoms with E-state index in [0.717, 1.165) is 37.1 Å². The van der Waals surface area contributed by atoms with Crippen molar-refractivity contribution in [2.45, 2.75) is 39.0 Å². The minimum absolute atomic E-state index is 0.255. The highest BCUT2D eigenvalue weighted by molar-refractivity contribution is 6.09. The van der Waals surface area contributed by atoms with Crippen LogP contribution in [0.2, 0.25) is 0 Å². The van der Waals surface area contributed by atoms with Crippen molar-refractivity contribution in [3.8, 4) is 0 Å². The molecule has 1 aliphatic carbocycles. The van der Waals surface area contributed by atoms with Gasteiger partial charge in [0, 0.05) is 17.8 Å². The van der Waals surface area contributed by atoms with Crippen molar-refractivity contribution in [2.75, 3.05) is 11.4 Å². The Bertz CT molecular complexity index is 516. The van der Waals surface area contributed by atoms with Crippen LogP contribution in [0.15, 0.2) is 35.4 Å². The number of carbonyl (C=O) groups excluding carboxylic acids is 1. The van der Waals surface area contributed by atoms with Gasteiger partial charge in [-0.25, -0.2) is 0 Å². The zero-order valence-electron chi connectivity index (χ0n) is 10.9. The van der Waals surface area contributed by atoms with Crippen LogP contribution in [0.1, 0.15) is 38.2 Å². The topological polar surface area (TPSA) is 20.3 Å². The first-order valence-electron chi connectivity index (χ1n) is 6.92. The van der Waals surface area contributed by atoms with Crippen molar-refractivity contribution < 1.29 is 4.79 Å². The standard InChI is InChI=1S/C16H19NO/c1-2-12-7-4-6-10-15(12)17-11-13-8-3-5-9-14(13)16(17)18/h4,6-7,10H,2-3,5,8-9,11H2,1H3. The van der Waals surface area contributed by atoms with E-state index < -0.39 is 0 Å². The third kappa shape index (κ3) is 1.76. The Balaban J connectivity index is 1.94. The third-order valence-electron chi connectivity index (χ3n) is 4.10.